The Morgan fingerprint density at radius 3 is 2.45 bits per heavy atom. The van der Waals surface area contributed by atoms with Gasteiger partial charge in [0.25, 0.3) is 0 Å². The predicted octanol–water partition coefficient (Wildman–Crippen LogP) is 1.54. The Balaban J connectivity index is 1.67. The zero-order chi connectivity index (χ0) is 22.6. The second kappa shape index (κ2) is 9.82. The van der Waals surface area contributed by atoms with Crippen molar-refractivity contribution in [3.63, 3.8) is 0 Å². The van der Waals surface area contributed by atoms with E-state index in [2.05, 4.69) is 0 Å². The summed E-state index contributed by atoms with van der Waals surface area (Å²) in [6, 6.07) is 3.35. The van der Waals surface area contributed by atoms with E-state index in [4.69, 9.17) is 9.47 Å². The standard InChI is InChI=1S/C20H28FN3O6S/c1-3-30-20(26)23-11-9-22(10-12-23)19(25)15-5-4-8-24(14-15)31(27,28)18-13-16(21)6-7-17(18)29-2/h6-7,13,15H,3-5,8-12,14H2,1-2H3/t15-/m0/s1. The summed E-state index contributed by atoms with van der Waals surface area (Å²) in [6.07, 6.45) is 0.702. The van der Waals surface area contributed by atoms with Gasteiger partial charge in [-0.1, -0.05) is 0 Å². The smallest absolute Gasteiger partial charge is 0.409 e. The minimum atomic E-state index is -4.02. The van der Waals surface area contributed by atoms with Crippen LogP contribution < -0.4 is 4.74 Å². The monoisotopic (exact) mass is 457 g/mol. The minimum Gasteiger partial charge on any atom is -0.495 e. The van der Waals surface area contributed by atoms with Gasteiger partial charge >= 0.3 is 6.09 Å². The van der Waals surface area contributed by atoms with Gasteiger partial charge in [-0.25, -0.2) is 17.6 Å². The van der Waals surface area contributed by atoms with E-state index < -0.39 is 27.9 Å². The van der Waals surface area contributed by atoms with Gasteiger partial charge in [0.1, 0.15) is 16.5 Å². The molecule has 0 N–H and O–H groups in total. The van der Waals surface area contributed by atoms with E-state index in [0.29, 0.717) is 45.6 Å². The predicted molar refractivity (Wildman–Crippen MR) is 110 cm³/mol. The lowest BCUT2D eigenvalue weighted by molar-refractivity contribution is -0.138. The molecule has 0 aromatic heterocycles. The molecule has 0 bridgehead atoms. The number of amides is 2. The number of sulfonamides is 1. The average Bonchev–Trinajstić information content (AvgIpc) is 2.79. The molecule has 0 radical (unpaired) electrons. The van der Waals surface area contributed by atoms with Crippen molar-refractivity contribution in [1.82, 2.24) is 14.1 Å². The van der Waals surface area contributed by atoms with Crippen molar-refractivity contribution in [1.29, 1.82) is 0 Å². The largest absolute Gasteiger partial charge is 0.495 e. The zero-order valence-electron chi connectivity index (χ0n) is 17.8. The Bertz CT molecular complexity index is 917. The molecule has 2 heterocycles. The quantitative estimate of drug-likeness (QED) is 0.666. The van der Waals surface area contributed by atoms with E-state index in [1.807, 2.05) is 0 Å². The van der Waals surface area contributed by atoms with Gasteiger partial charge in [0.05, 0.1) is 19.6 Å². The van der Waals surface area contributed by atoms with Gasteiger partial charge in [-0.15, -0.1) is 0 Å². The van der Waals surface area contributed by atoms with Crippen molar-refractivity contribution in [2.75, 3.05) is 53.0 Å². The first-order valence-corrected chi connectivity index (χ1v) is 11.8. The minimum absolute atomic E-state index is 0.0267. The molecule has 2 fully saturated rings. The van der Waals surface area contributed by atoms with Crippen LogP contribution in [0.15, 0.2) is 23.1 Å². The van der Waals surface area contributed by atoms with Crippen molar-refractivity contribution in [2.24, 2.45) is 5.92 Å². The Labute approximate surface area is 181 Å². The first kappa shape index (κ1) is 23.3. The molecule has 1 aromatic carbocycles. The van der Waals surface area contributed by atoms with Crippen LogP contribution in [0.5, 0.6) is 5.75 Å². The number of hydrogen-bond acceptors (Lipinski definition) is 6. The van der Waals surface area contributed by atoms with E-state index in [0.717, 1.165) is 12.1 Å². The number of piperidine rings is 1. The van der Waals surface area contributed by atoms with Crippen molar-refractivity contribution < 1.29 is 31.9 Å². The molecule has 172 valence electrons. The second-order valence-corrected chi connectivity index (χ2v) is 9.41. The highest BCUT2D eigenvalue weighted by Crippen LogP contribution is 2.31. The van der Waals surface area contributed by atoms with Crippen LogP contribution in [-0.2, 0) is 19.6 Å². The third kappa shape index (κ3) is 5.09. The van der Waals surface area contributed by atoms with Gasteiger partial charge in [-0.3, -0.25) is 4.79 Å². The molecule has 1 aromatic rings. The van der Waals surface area contributed by atoms with Crippen LogP contribution >= 0.6 is 0 Å². The lowest BCUT2D eigenvalue weighted by atomic mass is 9.98. The van der Waals surface area contributed by atoms with E-state index in [-0.39, 0.29) is 29.6 Å². The van der Waals surface area contributed by atoms with Crippen LogP contribution in [0.2, 0.25) is 0 Å². The van der Waals surface area contributed by atoms with Crippen molar-refractivity contribution >= 4 is 22.0 Å². The molecule has 0 unspecified atom stereocenters. The third-order valence-corrected chi connectivity index (χ3v) is 7.48. The lowest BCUT2D eigenvalue weighted by Crippen LogP contribution is -2.54. The molecule has 3 rings (SSSR count). The molecular formula is C20H28FN3O6S. The summed E-state index contributed by atoms with van der Waals surface area (Å²) < 4.78 is 51.3. The maximum absolute atomic E-state index is 13.7. The fraction of sp³-hybridized carbons (Fsp3) is 0.600. The molecule has 0 aliphatic carbocycles. The van der Waals surface area contributed by atoms with Crippen LogP contribution in [0.25, 0.3) is 0 Å². The van der Waals surface area contributed by atoms with E-state index in [1.54, 1.807) is 16.7 Å². The Morgan fingerprint density at radius 2 is 1.81 bits per heavy atom. The molecule has 2 amide bonds. The molecule has 11 heteroatoms. The van der Waals surface area contributed by atoms with E-state index in [1.165, 1.54) is 17.5 Å². The van der Waals surface area contributed by atoms with Crippen LogP contribution in [-0.4, -0.2) is 87.5 Å². The fourth-order valence-electron chi connectivity index (χ4n) is 3.94. The summed E-state index contributed by atoms with van der Waals surface area (Å²) in [5.41, 5.74) is 0. The second-order valence-electron chi connectivity index (χ2n) is 7.51. The highest BCUT2D eigenvalue weighted by molar-refractivity contribution is 7.89. The highest BCUT2D eigenvalue weighted by atomic mass is 32.2. The van der Waals surface area contributed by atoms with E-state index in [9.17, 15) is 22.4 Å². The number of hydrogen-bond donors (Lipinski definition) is 0. The number of carbonyl (C=O) groups is 2. The van der Waals surface area contributed by atoms with Gasteiger partial charge in [-0.05, 0) is 38.0 Å². The molecule has 2 aliphatic rings. The summed E-state index contributed by atoms with van der Waals surface area (Å²) in [5, 5.41) is 0. The first-order chi connectivity index (χ1) is 14.8. The van der Waals surface area contributed by atoms with Crippen LogP contribution in [0.3, 0.4) is 0 Å². The van der Waals surface area contributed by atoms with E-state index >= 15 is 0 Å². The number of carbonyl (C=O) groups excluding carboxylic acids is 2. The van der Waals surface area contributed by atoms with Crippen LogP contribution in [0, 0.1) is 11.7 Å². The van der Waals surface area contributed by atoms with Gasteiger partial charge in [0.15, 0.2) is 0 Å². The molecule has 31 heavy (non-hydrogen) atoms. The Morgan fingerprint density at radius 1 is 1.13 bits per heavy atom. The first-order valence-electron chi connectivity index (χ1n) is 10.3. The summed E-state index contributed by atoms with van der Waals surface area (Å²) in [7, 11) is -2.70. The summed E-state index contributed by atoms with van der Waals surface area (Å²) in [4.78, 5) is 27.8. The number of halogens is 1. The third-order valence-electron chi connectivity index (χ3n) is 5.59. The summed E-state index contributed by atoms with van der Waals surface area (Å²) >= 11 is 0. The highest BCUT2D eigenvalue weighted by Gasteiger charge is 2.37. The average molecular weight is 458 g/mol. The molecule has 1 atom stereocenters. The van der Waals surface area contributed by atoms with Crippen molar-refractivity contribution in [2.45, 2.75) is 24.7 Å². The number of rotatable bonds is 5. The summed E-state index contributed by atoms with van der Waals surface area (Å²) in [5.74, 6) is -1.24. The molecule has 2 aliphatic heterocycles. The van der Waals surface area contributed by atoms with Crippen LogP contribution in [0.4, 0.5) is 9.18 Å². The maximum atomic E-state index is 13.7. The van der Waals surface area contributed by atoms with Gasteiger partial charge in [0, 0.05) is 39.3 Å². The van der Waals surface area contributed by atoms with Gasteiger partial charge in [-0.2, -0.15) is 4.31 Å². The molecule has 2 saturated heterocycles. The maximum Gasteiger partial charge on any atom is 0.409 e. The lowest BCUT2D eigenvalue weighted by Gasteiger charge is -2.38. The number of ether oxygens (including phenoxy) is 2. The zero-order valence-corrected chi connectivity index (χ0v) is 18.6. The number of nitrogens with zero attached hydrogens (tertiary/aromatic N) is 3. The molecular weight excluding hydrogens is 429 g/mol. The van der Waals surface area contributed by atoms with Gasteiger partial charge < -0.3 is 19.3 Å². The molecule has 0 spiro atoms. The fourth-order valence-corrected chi connectivity index (χ4v) is 5.63. The Kier molecular flexibility index (Phi) is 7.37. The van der Waals surface area contributed by atoms with Crippen molar-refractivity contribution in [3.8, 4) is 5.75 Å². The number of methoxy groups -OCH3 is 1. The summed E-state index contributed by atoms with van der Waals surface area (Å²) in [6.45, 7) is 3.80. The normalized spacial score (nSPS) is 20.4. The molecule has 9 nitrogen and oxygen atoms in total. The van der Waals surface area contributed by atoms with Crippen LogP contribution in [0.1, 0.15) is 19.8 Å². The number of benzene rings is 1. The Hall–Kier alpha value is -2.40. The number of piperazine rings is 1. The van der Waals surface area contributed by atoms with Crippen molar-refractivity contribution in [3.05, 3.63) is 24.0 Å². The van der Waals surface area contributed by atoms with Gasteiger partial charge in [0.2, 0.25) is 15.9 Å². The molecule has 0 saturated carbocycles. The topological polar surface area (TPSA) is 96.5 Å². The SMILES string of the molecule is CCOC(=O)N1CCN(C(=O)[C@H]2CCCN(S(=O)(=O)c3cc(F)ccc3OC)C2)CC1.